The van der Waals surface area contributed by atoms with Crippen molar-refractivity contribution in [2.24, 2.45) is 0 Å². The van der Waals surface area contributed by atoms with Crippen LogP contribution in [-0.2, 0) is 4.79 Å². The van der Waals surface area contributed by atoms with E-state index in [0.717, 1.165) is 0 Å². The molecule has 98 valence electrons. The molecule has 0 spiro atoms. The summed E-state index contributed by atoms with van der Waals surface area (Å²) in [5.74, 6) is -2.42. The molecule has 18 heavy (non-hydrogen) atoms. The molecule has 4 N–H and O–H groups in total. The number of aliphatic carboxylic acids is 1. The van der Waals surface area contributed by atoms with Crippen LogP contribution in [0.4, 0.5) is 0 Å². The molecule has 0 fully saturated rings. The first-order valence-corrected chi connectivity index (χ1v) is 5.49. The first-order chi connectivity index (χ1) is 8.45. The third-order valence-corrected chi connectivity index (χ3v) is 2.50. The lowest BCUT2D eigenvalue weighted by molar-refractivity contribution is -0.137. The maximum atomic E-state index is 11.8. The van der Waals surface area contributed by atoms with E-state index in [9.17, 15) is 19.8 Å². The average Bonchev–Trinajstić information content (AvgIpc) is 2.27. The molecule has 1 unspecified atom stereocenters. The van der Waals surface area contributed by atoms with Gasteiger partial charge in [-0.2, -0.15) is 0 Å². The van der Waals surface area contributed by atoms with E-state index in [-0.39, 0.29) is 23.5 Å². The standard InChI is InChI=1S/C12H15NO5/c1-2-7(6-10(16)17)13-12(18)11-8(14)4-3-5-9(11)15/h3-5,7,14-15H,2,6H2,1H3,(H,13,18)(H,16,17). The van der Waals surface area contributed by atoms with Crippen molar-refractivity contribution in [3.8, 4) is 11.5 Å². The molecule has 0 heterocycles. The van der Waals surface area contributed by atoms with Crippen LogP contribution < -0.4 is 5.32 Å². The van der Waals surface area contributed by atoms with E-state index in [1.807, 2.05) is 0 Å². The van der Waals surface area contributed by atoms with Crippen LogP contribution in [0.15, 0.2) is 18.2 Å². The molecule has 6 heteroatoms. The Bertz CT molecular complexity index is 438. The number of carbonyl (C=O) groups is 2. The van der Waals surface area contributed by atoms with Gasteiger partial charge in [-0.25, -0.2) is 0 Å². The second-order valence-electron chi connectivity index (χ2n) is 3.85. The van der Waals surface area contributed by atoms with Gasteiger partial charge in [-0.05, 0) is 18.6 Å². The molecule has 6 nitrogen and oxygen atoms in total. The number of carbonyl (C=O) groups excluding carboxylic acids is 1. The fourth-order valence-electron chi connectivity index (χ4n) is 1.53. The number of rotatable bonds is 5. The topological polar surface area (TPSA) is 107 Å². The van der Waals surface area contributed by atoms with Crippen LogP contribution in [0.3, 0.4) is 0 Å². The minimum absolute atomic E-state index is 0.212. The van der Waals surface area contributed by atoms with Crippen molar-refractivity contribution in [3.05, 3.63) is 23.8 Å². The van der Waals surface area contributed by atoms with E-state index in [2.05, 4.69) is 5.32 Å². The lowest BCUT2D eigenvalue weighted by Crippen LogP contribution is -2.36. The van der Waals surface area contributed by atoms with Gasteiger partial charge in [-0.3, -0.25) is 9.59 Å². The van der Waals surface area contributed by atoms with Crippen LogP contribution in [0.5, 0.6) is 11.5 Å². The number of benzene rings is 1. The summed E-state index contributed by atoms with van der Waals surface area (Å²) in [5, 5.41) is 30.1. The van der Waals surface area contributed by atoms with Gasteiger partial charge in [-0.15, -0.1) is 0 Å². The summed E-state index contributed by atoms with van der Waals surface area (Å²) in [7, 11) is 0. The summed E-state index contributed by atoms with van der Waals surface area (Å²) < 4.78 is 0. The summed E-state index contributed by atoms with van der Waals surface area (Å²) in [4.78, 5) is 22.4. The van der Waals surface area contributed by atoms with E-state index in [4.69, 9.17) is 5.11 Å². The maximum Gasteiger partial charge on any atom is 0.305 e. The van der Waals surface area contributed by atoms with Crippen LogP contribution in [-0.4, -0.2) is 33.2 Å². The number of phenols is 2. The molecular formula is C12H15NO5. The molecule has 0 aliphatic rings. The Hall–Kier alpha value is -2.24. The first-order valence-electron chi connectivity index (χ1n) is 5.49. The lowest BCUT2D eigenvalue weighted by atomic mass is 10.1. The molecule has 0 saturated carbocycles. The average molecular weight is 253 g/mol. The molecule has 0 aromatic heterocycles. The number of amides is 1. The van der Waals surface area contributed by atoms with Gasteiger partial charge in [0.1, 0.15) is 17.1 Å². The van der Waals surface area contributed by atoms with Gasteiger partial charge in [-0.1, -0.05) is 13.0 Å². The summed E-state index contributed by atoms with van der Waals surface area (Å²) in [6, 6.07) is 3.39. The molecule has 0 saturated heterocycles. The first kappa shape index (κ1) is 13.8. The minimum Gasteiger partial charge on any atom is -0.507 e. The Balaban J connectivity index is 2.84. The zero-order valence-corrected chi connectivity index (χ0v) is 9.88. The molecular weight excluding hydrogens is 238 g/mol. The summed E-state index contributed by atoms with van der Waals surface area (Å²) in [6.07, 6.45) is 0.225. The van der Waals surface area contributed by atoms with Gasteiger partial charge >= 0.3 is 5.97 Å². The molecule has 0 aliphatic carbocycles. The van der Waals surface area contributed by atoms with Crippen LogP contribution in [0.1, 0.15) is 30.1 Å². The number of aromatic hydroxyl groups is 2. The molecule has 0 bridgehead atoms. The van der Waals surface area contributed by atoms with Gasteiger partial charge in [0.15, 0.2) is 0 Å². The fraction of sp³-hybridized carbons (Fsp3) is 0.333. The van der Waals surface area contributed by atoms with Crippen molar-refractivity contribution in [1.29, 1.82) is 0 Å². The van der Waals surface area contributed by atoms with E-state index >= 15 is 0 Å². The van der Waals surface area contributed by atoms with Crippen molar-refractivity contribution in [2.45, 2.75) is 25.8 Å². The monoisotopic (exact) mass is 253 g/mol. The fourth-order valence-corrected chi connectivity index (χ4v) is 1.53. The number of carboxylic acid groups (broad SMARTS) is 1. The normalized spacial score (nSPS) is 11.8. The van der Waals surface area contributed by atoms with Gasteiger partial charge in [0.25, 0.3) is 5.91 Å². The zero-order valence-electron chi connectivity index (χ0n) is 9.88. The highest BCUT2D eigenvalue weighted by Crippen LogP contribution is 2.26. The quantitative estimate of drug-likeness (QED) is 0.628. The van der Waals surface area contributed by atoms with Crippen molar-refractivity contribution in [3.63, 3.8) is 0 Å². The van der Waals surface area contributed by atoms with Gasteiger partial charge in [0.2, 0.25) is 0 Å². The van der Waals surface area contributed by atoms with Crippen molar-refractivity contribution < 1.29 is 24.9 Å². The van der Waals surface area contributed by atoms with Crippen molar-refractivity contribution >= 4 is 11.9 Å². The van der Waals surface area contributed by atoms with Crippen LogP contribution in [0, 0.1) is 0 Å². The predicted octanol–water partition coefficient (Wildman–Crippen LogP) is 1.08. The number of phenolic OH excluding ortho intramolecular Hbond substituents is 2. The van der Waals surface area contributed by atoms with E-state index in [1.165, 1.54) is 18.2 Å². The number of nitrogens with one attached hydrogen (secondary N) is 1. The van der Waals surface area contributed by atoms with Crippen LogP contribution >= 0.6 is 0 Å². The molecule has 0 radical (unpaired) electrons. The summed E-state index contributed by atoms with van der Waals surface area (Å²) in [6.45, 7) is 1.73. The Morgan fingerprint density at radius 2 is 1.83 bits per heavy atom. The summed E-state index contributed by atoms with van der Waals surface area (Å²) >= 11 is 0. The maximum absolute atomic E-state index is 11.8. The molecule has 0 aliphatic heterocycles. The predicted molar refractivity (Wildman–Crippen MR) is 63.6 cm³/mol. The second kappa shape index (κ2) is 5.90. The third kappa shape index (κ3) is 3.38. The Morgan fingerprint density at radius 1 is 1.28 bits per heavy atom. The van der Waals surface area contributed by atoms with Gasteiger partial charge in [0.05, 0.1) is 6.42 Å². The van der Waals surface area contributed by atoms with Crippen LogP contribution in [0.25, 0.3) is 0 Å². The van der Waals surface area contributed by atoms with E-state index in [1.54, 1.807) is 6.92 Å². The van der Waals surface area contributed by atoms with Crippen LogP contribution in [0.2, 0.25) is 0 Å². The second-order valence-corrected chi connectivity index (χ2v) is 3.85. The SMILES string of the molecule is CCC(CC(=O)O)NC(=O)c1c(O)cccc1O. The highest BCUT2D eigenvalue weighted by molar-refractivity contribution is 5.99. The van der Waals surface area contributed by atoms with Gasteiger partial charge in [0, 0.05) is 6.04 Å². The number of hydrogen-bond acceptors (Lipinski definition) is 4. The van der Waals surface area contributed by atoms with Crippen molar-refractivity contribution in [2.75, 3.05) is 0 Å². The summed E-state index contributed by atoms with van der Waals surface area (Å²) in [5.41, 5.74) is -0.249. The highest BCUT2D eigenvalue weighted by Gasteiger charge is 2.20. The minimum atomic E-state index is -1.02. The Morgan fingerprint density at radius 3 is 2.28 bits per heavy atom. The van der Waals surface area contributed by atoms with Gasteiger partial charge < -0.3 is 20.6 Å². The Labute approximate surface area is 104 Å². The van der Waals surface area contributed by atoms with E-state index < -0.39 is 17.9 Å². The smallest absolute Gasteiger partial charge is 0.305 e. The Kier molecular flexibility index (Phi) is 4.53. The molecule has 1 amide bonds. The van der Waals surface area contributed by atoms with Crippen molar-refractivity contribution in [1.82, 2.24) is 5.32 Å². The zero-order chi connectivity index (χ0) is 13.7. The largest absolute Gasteiger partial charge is 0.507 e. The lowest BCUT2D eigenvalue weighted by Gasteiger charge is -2.15. The number of hydrogen-bond donors (Lipinski definition) is 4. The van der Waals surface area contributed by atoms with E-state index in [0.29, 0.717) is 6.42 Å². The molecule has 1 atom stereocenters. The molecule has 1 aromatic rings. The third-order valence-electron chi connectivity index (χ3n) is 2.50. The number of carboxylic acids is 1. The molecule has 1 aromatic carbocycles. The molecule has 1 rings (SSSR count). The highest BCUT2D eigenvalue weighted by atomic mass is 16.4.